The maximum absolute atomic E-state index is 12.6. The number of halogens is 3. The minimum Gasteiger partial charge on any atom is -0.384 e. The first-order valence-corrected chi connectivity index (χ1v) is 5.74. The molecule has 2 heterocycles. The third-order valence-electron chi connectivity index (χ3n) is 2.57. The lowest BCUT2D eigenvalue weighted by Gasteiger charge is -2.16. The van der Waals surface area contributed by atoms with E-state index >= 15 is 0 Å². The highest BCUT2D eigenvalue weighted by Crippen LogP contribution is 2.28. The fraction of sp³-hybridized carbons (Fsp3) is 0.250. The van der Waals surface area contributed by atoms with Gasteiger partial charge in [-0.2, -0.15) is 13.2 Å². The second-order valence-corrected chi connectivity index (χ2v) is 4.15. The molecule has 5 nitrogen and oxygen atoms in total. The third kappa shape index (κ3) is 3.34. The van der Waals surface area contributed by atoms with E-state index in [1.54, 1.807) is 31.5 Å². The fourth-order valence-corrected chi connectivity index (χ4v) is 1.62. The van der Waals surface area contributed by atoms with Gasteiger partial charge in [-0.05, 0) is 24.6 Å². The number of rotatable bonds is 3. The fourth-order valence-electron chi connectivity index (χ4n) is 1.62. The number of nitrogen functional groups attached to an aromatic ring is 1. The van der Waals surface area contributed by atoms with Gasteiger partial charge in [0, 0.05) is 18.5 Å². The second kappa shape index (κ2) is 5.32. The summed E-state index contributed by atoms with van der Waals surface area (Å²) in [6.45, 7) is 1.79. The van der Waals surface area contributed by atoms with Gasteiger partial charge in [-0.25, -0.2) is 9.97 Å². The molecule has 0 spiro atoms. The lowest BCUT2D eigenvalue weighted by Crippen LogP contribution is -2.15. The molecule has 0 aromatic carbocycles. The molecule has 3 N–H and O–H groups in total. The maximum Gasteiger partial charge on any atom is 0.451 e. The summed E-state index contributed by atoms with van der Waals surface area (Å²) in [5.41, 5.74) is 6.24. The molecule has 8 heteroatoms. The number of nitrogens with two attached hydrogens (primary N) is 1. The molecule has 0 aliphatic carbocycles. The first-order chi connectivity index (χ1) is 9.36. The van der Waals surface area contributed by atoms with Crippen molar-refractivity contribution in [2.75, 3.05) is 11.1 Å². The van der Waals surface area contributed by atoms with E-state index in [0.29, 0.717) is 0 Å². The smallest absolute Gasteiger partial charge is 0.384 e. The van der Waals surface area contributed by atoms with Gasteiger partial charge < -0.3 is 11.1 Å². The van der Waals surface area contributed by atoms with Crippen LogP contribution in [0.4, 0.5) is 24.8 Å². The Kier molecular flexibility index (Phi) is 3.73. The first-order valence-electron chi connectivity index (χ1n) is 5.74. The molecule has 0 amide bonds. The topological polar surface area (TPSA) is 76.7 Å². The van der Waals surface area contributed by atoms with Gasteiger partial charge in [-0.1, -0.05) is 0 Å². The van der Waals surface area contributed by atoms with Gasteiger partial charge in [0.15, 0.2) is 0 Å². The van der Waals surface area contributed by atoms with Crippen LogP contribution in [0, 0.1) is 0 Å². The van der Waals surface area contributed by atoms with E-state index < -0.39 is 12.0 Å². The van der Waals surface area contributed by atoms with Crippen LogP contribution in [-0.4, -0.2) is 15.0 Å². The Labute approximate surface area is 113 Å². The van der Waals surface area contributed by atoms with Crippen molar-refractivity contribution < 1.29 is 13.2 Å². The SMILES string of the molecule is CC(Nc1cc(N)nc(C(F)(F)F)n1)c1ccncc1. The zero-order valence-electron chi connectivity index (χ0n) is 10.5. The molecule has 0 bridgehead atoms. The Morgan fingerprint density at radius 3 is 2.45 bits per heavy atom. The van der Waals surface area contributed by atoms with E-state index in [0.717, 1.165) is 5.56 Å². The average molecular weight is 283 g/mol. The van der Waals surface area contributed by atoms with Crippen LogP contribution < -0.4 is 11.1 Å². The molecule has 0 saturated heterocycles. The number of hydrogen-bond acceptors (Lipinski definition) is 5. The molecule has 106 valence electrons. The first kappa shape index (κ1) is 14.0. The Hall–Kier alpha value is -2.38. The molecule has 0 aliphatic rings. The third-order valence-corrected chi connectivity index (χ3v) is 2.57. The minimum absolute atomic E-state index is 0.0223. The van der Waals surface area contributed by atoms with Crippen LogP contribution in [0.2, 0.25) is 0 Å². The minimum atomic E-state index is -4.63. The number of hydrogen-bond donors (Lipinski definition) is 2. The van der Waals surface area contributed by atoms with E-state index in [9.17, 15) is 13.2 Å². The summed E-state index contributed by atoms with van der Waals surface area (Å²) in [7, 11) is 0. The highest BCUT2D eigenvalue weighted by atomic mass is 19.4. The van der Waals surface area contributed by atoms with Crippen molar-refractivity contribution >= 4 is 11.6 Å². The molecule has 2 aromatic heterocycles. The molecule has 0 radical (unpaired) electrons. The summed E-state index contributed by atoms with van der Waals surface area (Å²) in [4.78, 5) is 10.5. The lowest BCUT2D eigenvalue weighted by atomic mass is 10.1. The number of nitrogens with one attached hydrogen (secondary N) is 1. The van der Waals surface area contributed by atoms with Crippen LogP contribution in [0.3, 0.4) is 0 Å². The van der Waals surface area contributed by atoms with E-state index in [2.05, 4.69) is 20.3 Å². The zero-order chi connectivity index (χ0) is 14.8. The van der Waals surface area contributed by atoms with E-state index in [1.807, 2.05) is 0 Å². The van der Waals surface area contributed by atoms with Gasteiger partial charge in [0.1, 0.15) is 11.6 Å². The van der Waals surface area contributed by atoms with Crippen LogP contribution in [-0.2, 0) is 6.18 Å². The van der Waals surface area contributed by atoms with Crippen LogP contribution in [0.25, 0.3) is 0 Å². The molecule has 0 saturated carbocycles. The quantitative estimate of drug-likeness (QED) is 0.905. The van der Waals surface area contributed by atoms with Crippen molar-refractivity contribution in [3.63, 3.8) is 0 Å². The van der Waals surface area contributed by atoms with Crippen LogP contribution in [0.15, 0.2) is 30.6 Å². The van der Waals surface area contributed by atoms with Gasteiger partial charge in [-0.3, -0.25) is 4.98 Å². The number of pyridine rings is 1. The van der Waals surface area contributed by atoms with E-state index in [4.69, 9.17) is 5.73 Å². The summed E-state index contributed by atoms with van der Waals surface area (Å²) in [5, 5.41) is 2.85. The molecule has 2 rings (SSSR count). The number of nitrogens with zero attached hydrogens (tertiary/aromatic N) is 3. The van der Waals surface area contributed by atoms with Crippen LogP contribution in [0.1, 0.15) is 24.4 Å². The predicted molar refractivity (Wildman–Crippen MR) is 67.7 cm³/mol. The van der Waals surface area contributed by atoms with Gasteiger partial charge in [0.2, 0.25) is 5.82 Å². The van der Waals surface area contributed by atoms with Crippen molar-refractivity contribution in [2.45, 2.75) is 19.1 Å². The number of alkyl halides is 3. The summed E-state index contributed by atoms with van der Waals surface area (Å²) < 4.78 is 37.8. The Morgan fingerprint density at radius 2 is 1.85 bits per heavy atom. The molecular formula is C12H12F3N5. The molecule has 0 fully saturated rings. The summed E-state index contributed by atoms with van der Waals surface area (Å²) in [5.74, 6) is -1.48. The van der Waals surface area contributed by atoms with Gasteiger partial charge in [-0.15, -0.1) is 0 Å². The molecule has 1 atom stereocenters. The summed E-state index contributed by atoms with van der Waals surface area (Å²) in [6.07, 6.45) is -1.43. The normalized spacial score (nSPS) is 13.0. The van der Waals surface area contributed by atoms with Gasteiger partial charge >= 0.3 is 6.18 Å². The lowest BCUT2D eigenvalue weighted by molar-refractivity contribution is -0.144. The molecule has 20 heavy (non-hydrogen) atoms. The standard InChI is InChI=1S/C12H12F3N5/c1-7(8-2-4-17-5-3-8)18-10-6-9(16)19-11(20-10)12(13,14)15/h2-7H,1H3,(H3,16,18,19,20). The molecule has 2 aromatic rings. The van der Waals surface area contributed by atoms with Gasteiger partial charge in [0.25, 0.3) is 0 Å². The molecule has 1 unspecified atom stereocenters. The predicted octanol–water partition coefficient (Wildman–Crippen LogP) is 2.65. The van der Waals surface area contributed by atoms with E-state index in [1.165, 1.54) is 6.07 Å². The molecular weight excluding hydrogens is 271 g/mol. The Bertz CT molecular complexity index is 585. The molecule has 0 aliphatic heterocycles. The maximum atomic E-state index is 12.6. The largest absolute Gasteiger partial charge is 0.451 e. The van der Waals surface area contributed by atoms with Crippen LogP contribution in [0.5, 0.6) is 0 Å². The van der Waals surface area contributed by atoms with Crippen molar-refractivity contribution in [1.29, 1.82) is 0 Å². The highest BCUT2D eigenvalue weighted by Gasteiger charge is 2.35. The monoisotopic (exact) mass is 283 g/mol. The number of aromatic nitrogens is 3. The van der Waals surface area contributed by atoms with Crippen LogP contribution >= 0.6 is 0 Å². The zero-order valence-corrected chi connectivity index (χ0v) is 10.5. The van der Waals surface area contributed by atoms with Crippen molar-refractivity contribution in [3.05, 3.63) is 42.0 Å². The van der Waals surface area contributed by atoms with Crippen molar-refractivity contribution in [3.8, 4) is 0 Å². The van der Waals surface area contributed by atoms with Gasteiger partial charge in [0.05, 0.1) is 6.04 Å². The Morgan fingerprint density at radius 1 is 1.20 bits per heavy atom. The number of anilines is 2. The highest BCUT2D eigenvalue weighted by molar-refractivity contribution is 5.46. The summed E-state index contributed by atoms with van der Waals surface area (Å²) >= 11 is 0. The van der Waals surface area contributed by atoms with Crippen molar-refractivity contribution in [2.24, 2.45) is 0 Å². The summed E-state index contributed by atoms with van der Waals surface area (Å²) in [6, 6.07) is 4.53. The van der Waals surface area contributed by atoms with Crippen molar-refractivity contribution in [1.82, 2.24) is 15.0 Å². The average Bonchev–Trinajstić information content (AvgIpc) is 2.38. The Balaban J connectivity index is 2.24. The second-order valence-electron chi connectivity index (χ2n) is 4.15. The van der Waals surface area contributed by atoms with E-state index in [-0.39, 0.29) is 17.7 Å².